The molecule has 7 nitrogen and oxygen atoms in total. The van der Waals surface area contributed by atoms with Gasteiger partial charge in [-0.3, -0.25) is 9.97 Å². The van der Waals surface area contributed by atoms with E-state index in [4.69, 9.17) is 26.8 Å². The second-order valence-corrected chi connectivity index (χ2v) is 7.42. The van der Waals surface area contributed by atoms with E-state index in [2.05, 4.69) is 19.9 Å². The van der Waals surface area contributed by atoms with Crippen LogP contribution in [0.2, 0.25) is 5.15 Å². The van der Waals surface area contributed by atoms with Crippen LogP contribution < -0.4 is 15.2 Å². The monoisotopic (exact) mass is 425 g/mol. The highest BCUT2D eigenvalue weighted by Crippen LogP contribution is 2.30. The quantitative estimate of drug-likeness (QED) is 0.456. The van der Waals surface area contributed by atoms with Crippen molar-refractivity contribution in [3.05, 3.63) is 54.2 Å². The van der Waals surface area contributed by atoms with E-state index in [0.29, 0.717) is 22.5 Å². The molecule has 4 rings (SSSR count). The first-order valence-corrected chi connectivity index (χ1v) is 9.96. The van der Waals surface area contributed by atoms with Gasteiger partial charge in [-0.05, 0) is 52.0 Å². The number of rotatable bonds is 4. The first-order chi connectivity index (χ1) is 14.4. The zero-order chi connectivity index (χ0) is 21.7. The van der Waals surface area contributed by atoms with Crippen LogP contribution in [0.15, 0.2) is 49.1 Å². The summed E-state index contributed by atoms with van der Waals surface area (Å²) in [6.07, 6.45) is 6.93. The van der Waals surface area contributed by atoms with Crippen LogP contribution in [0, 0.1) is 0 Å². The molecule has 0 saturated heterocycles. The Bertz CT molecular complexity index is 1060. The van der Waals surface area contributed by atoms with E-state index in [9.17, 15) is 0 Å². The number of halogens is 1. The third kappa shape index (κ3) is 5.04. The largest absolute Gasteiger partial charge is 0.485 e. The topological polar surface area (TPSA) is 96.0 Å². The maximum atomic E-state index is 5.97. The predicted molar refractivity (Wildman–Crippen MR) is 120 cm³/mol. The summed E-state index contributed by atoms with van der Waals surface area (Å²) in [5.74, 6) is 1.52. The van der Waals surface area contributed by atoms with Crippen LogP contribution >= 0.6 is 11.6 Å². The molecule has 0 saturated carbocycles. The Morgan fingerprint density at radius 1 is 0.767 bits per heavy atom. The lowest BCUT2D eigenvalue weighted by Gasteiger charge is -2.12. The molecule has 156 valence electrons. The number of nitrogens with zero attached hydrogens (tertiary/aromatic N) is 4. The zero-order valence-corrected chi connectivity index (χ0v) is 18.1. The van der Waals surface area contributed by atoms with Gasteiger partial charge in [0.05, 0.1) is 12.2 Å². The summed E-state index contributed by atoms with van der Waals surface area (Å²) >= 11 is 5.97. The van der Waals surface area contributed by atoms with Crippen molar-refractivity contribution < 1.29 is 9.47 Å². The Morgan fingerprint density at radius 2 is 1.27 bits per heavy atom. The Hall–Kier alpha value is -3.19. The van der Waals surface area contributed by atoms with Gasteiger partial charge in [-0.2, -0.15) is 0 Å². The number of hydrogen-bond acceptors (Lipinski definition) is 7. The van der Waals surface area contributed by atoms with Gasteiger partial charge in [-0.1, -0.05) is 11.6 Å². The number of fused-ring (bicyclic) bond motifs is 2. The minimum Gasteiger partial charge on any atom is -0.485 e. The highest BCUT2D eigenvalue weighted by Gasteiger charge is 2.11. The number of nitrogen functional groups attached to an aromatic ring is 1. The lowest BCUT2D eigenvalue weighted by Crippen LogP contribution is -2.09. The maximum Gasteiger partial charge on any atom is 0.187 e. The van der Waals surface area contributed by atoms with Gasteiger partial charge < -0.3 is 15.2 Å². The van der Waals surface area contributed by atoms with E-state index in [1.54, 1.807) is 24.8 Å². The van der Waals surface area contributed by atoms with Crippen molar-refractivity contribution in [3.63, 3.8) is 0 Å². The highest BCUT2D eigenvalue weighted by molar-refractivity contribution is 6.31. The summed E-state index contributed by atoms with van der Waals surface area (Å²) in [5.41, 5.74) is 7.28. The molecule has 4 heterocycles. The van der Waals surface area contributed by atoms with Gasteiger partial charge in [0.15, 0.2) is 22.5 Å². The molecule has 0 fully saturated rings. The molecular formula is C22H24ClN5O2. The van der Waals surface area contributed by atoms with Crippen molar-refractivity contribution in [2.24, 2.45) is 0 Å². The average Bonchev–Trinajstić information content (AvgIpc) is 2.72. The standard InChI is InChI=1S/C11H11ClN2O.C11H13N3O/c2*1-7(2)15-10-9-8(4-3-5-13-9)6-14-11(10)12/h3-7H,1-2H3;3-7H,1-2H3,(H2,12,14). The minimum absolute atomic E-state index is 0.0527. The Kier molecular flexibility index (Phi) is 6.84. The summed E-state index contributed by atoms with van der Waals surface area (Å²) < 4.78 is 11.2. The van der Waals surface area contributed by atoms with Crippen molar-refractivity contribution in [2.45, 2.75) is 39.9 Å². The smallest absolute Gasteiger partial charge is 0.187 e. The fraction of sp³-hybridized carbons (Fsp3) is 0.273. The zero-order valence-electron chi connectivity index (χ0n) is 17.3. The van der Waals surface area contributed by atoms with Crippen molar-refractivity contribution in [3.8, 4) is 11.5 Å². The minimum atomic E-state index is 0.0527. The summed E-state index contributed by atoms with van der Waals surface area (Å²) in [4.78, 5) is 16.6. The Labute approximate surface area is 180 Å². The molecule has 0 atom stereocenters. The molecule has 0 aliphatic heterocycles. The molecule has 4 aromatic rings. The van der Waals surface area contributed by atoms with Crippen molar-refractivity contribution >= 4 is 39.2 Å². The predicted octanol–water partition coefficient (Wildman–Crippen LogP) is 5.07. The van der Waals surface area contributed by atoms with Gasteiger partial charge in [0.1, 0.15) is 11.0 Å². The molecule has 0 amide bonds. The van der Waals surface area contributed by atoms with E-state index in [1.807, 2.05) is 52.0 Å². The molecule has 0 aromatic carbocycles. The fourth-order valence-electron chi connectivity index (χ4n) is 2.72. The van der Waals surface area contributed by atoms with Crippen LogP contribution in [0.5, 0.6) is 11.5 Å². The van der Waals surface area contributed by atoms with Gasteiger partial charge in [-0.15, -0.1) is 0 Å². The highest BCUT2D eigenvalue weighted by atomic mass is 35.5. The molecule has 8 heteroatoms. The number of aromatic nitrogens is 4. The van der Waals surface area contributed by atoms with Crippen LogP contribution in [0.4, 0.5) is 5.82 Å². The van der Waals surface area contributed by atoms with Gasteiger partial charge in [0.2, 0.25) is 0 Å². The normalized spacial score (nSPS) is 10.9. The van der Waals surface area contributed by atoms with Gasteiger partial charge >= 0.3 is 0 Å². The Morgan fingerprint density at radius 3 is 1.83 bits per heavy atom. The van der Waals surface area contributed by atoms with Crippen LogP contribution in [-0.4, -0.2) is 32.1 Å². The van der Waals surface area contributed by atoms with Crippen molar-refractivity contribution in [1.29, 1.82) is 0 Å². The van der Waals surface area contributed by atoms with Crippen molar-refractivity contribution in [1.82, 2.24) is 19.9 Å². The van der Waals surface area contributed by atoms with Gasteiger partial charge in [0, 0.05) is 35.6 Å². The number of nitrogens with two attached hydrogens (primary N) is 1. The molecule has 0 radical (unpaired) electrons. The van der Waals surface area contributed by atoms with Gasteiger partial charge in [-0.25, -0.2) is 9.97 Å². The van der Waals surface area contributed by atoms with Crippen molar-refractivity contribution in [2.75, 3.05) is 5.73 Å². The molecule has 30 heavy (non-hydrogen) atoms. The average molecular weight is 426 g/mol. The second-order valence-electron chi connectivity index (χ2n) is 7.07. The first-order valence-electron chi connectivity index (χ1n) is 9.58. The molecule has 0 bridgehead atoms. The summed E-state index contributed by atoms with van der Waals surface area (Å²) in [6.45, 7) is 7.78. The molecule has 0 spiro atoms. The van der Waals surface area contributed by atoms with E-state index in [0.717, 1.165) is 21.8 Å². The number of hydrogen-bond donors (Lipinski definition) is 1. The second kappa shape index (κ2) is 9.54. The lowest BCUT2D eigenvalue weighted by atomic mass is 10.2. The number of pyridine rings is 4. The van der Waals surface area contributed by atoms with Crippen LogP contribution in [0.1, 0.15) is 27.7 Å². The van der Waals surface area contributed by atoms with Crippen LogP contribution in [0.3, 0.4) is 0 Å². The SMILES string of the molecule is CC(C)Oc1c(Cl)ncc2cccnc12.CC(C)Oc1c(N)ncc2cccnc12. The third-order valence-electron chi connectivity index (χ3n) is 3.89. The lowest BCUT2D eigenvalue weighted by molar-refractivity contribution is 0.244. The fourth-order valence-corrected chi connectivity index (χ4v) is 2.90. The molecular weight excluding hydrogens is 402 g/mol. The molecule has 2 N–H and O–H groups in total. The maximum absolute atomic E-state index is 5.97. The third-order valence-corrected chi connectivity index (χ3v) is 4.16. The number of anilines is 1. The molecule has 4 aromatic heterocycles. The summed E-state index contributed by atoms with van der Waals surface area (Å²) in [7, 11) is 0. The first kappa shape index (κ1) is 21.5. The van der Waals surface area contributed by atoms with E-state index >= 15 is 0 Å². The van der Waals surface area contributed by atoms with Crippen LogP contribution in [-0.2, 0) is 0 Å². The van der Waals surface area contributed by atoms with E-state index < -0.39 is 0 Å². The van der Waals surface area contributed by atoms with Crippen LogP contribution in [0.25, 0.3) is 21.8 Å². The van der Waals surface area contributed by atoms with E-state index in [1.165, 1.54) is 0 Å². The van der Waals surface area contributed by atoms with E-state index in [-0.39, 0.29) is 12.2 Å². The number of ether oxygens (including phenoxy) is 2. The molecule has 0 unspecified atom stereocenters. The summed E-state index contributed by atoms with van der Waals surface area (Å²) in [6, 6.07) is 7.58. The van der Waals surface area contributed by atoms with Gasteiger partial charge in [0.25, 0.3) is 0 Å². The summed E-state index contributed by atoms with van der Waals surface area (Å²) in [5, 5.41) is 2.22. The molecule has 0 aliphatic rings. The molecule has 0 aliphatic carbocycles. The Balaban J connectivity index is 0.000000171.